The smallest absolute Gasteiger partial charge is 0.338 e. The topological polar surface area (TPSA) is 105 Å². The molecule has 0 aromatic heterocycles. The monoisotopic (exact) mass is 366 g/mol. The summed E-state index contributed by atoms with van der Waals surface area (Å²) < 4.78 is 19.7. The van der Waals surface area contributed by atoms with Gasteiger partial charge in [0.2, 0.25) is 0 Å². The van der Waals surface area contributed by atoms with Gasteiger partial charge in [-0.2, -0.15) is 0 Å². The summed E-state index contributed by atoms with van der Waals surface area (Å²) in [6.07, 6.45) is -1.10. The molecule has 0 fully saturated rings. The van der Waals surface area contributed by atoms with Crippen LogP contribution in [0.3, 0.4) is 0 Å². The molecule has 2 atom stereocenters. The second kappa shape index (κ2) is 10.2. The summed E-state index contributed by atoms with van der Waals surface area (Å²) in [4.78, 5) is 45.4. The van der Waals surface area contributed by atoms with Gasteiger partial charge in [-0.05, 0) is 38.1 Å². The van der Waals surface area contributed by atoms with Crippen LogP contribution < -0.4 is 0 Å². The molecule has 1 unspecified atom stereocenters. The Balaban J connectivity index is 2.51. The summed E-state index contributed by atoms with van der Waals surface area (Å²) in [6, 6.07) is 5.69. The van der Waals surface area contributed by atoms with E-state index in [1.54, 1.807) is 13.8 Å². The Morgan fingerprint density at radius 2 is 1.04 bits per heavy atom. The minimum Gasteiger partial charge on any atom is -0.459 e. The Labute approximate surface area is 151 Å². The van der Waals surface area contributed by atoms with Crippen molar-refractivity contribution < 1.29 is 38.1 Å². The van der Waals surface area contributed by atoms with Gasteiger partial charge in [-0.1, -0.05) is 0 Å². The van der Waals surface area contributed by atoms with E-state index in [-0.39, 0.29) is 24.3 Å². The SMILES string of the molecule is CC(=O)OC(C)COC(=O)c1ccc(C(=O)OC[C@H](C)OC(C)=O)cc1. The van der Waals surface area contributed by atoms with Gasteiger partial charge < -0.3 is 18.9 Å². The highest BCUT2D eigenvalue weighted by Crippen LogP contribution is 2.09. The Bertz CT molecular complexity index is 593. The first-order chi connectivity index (χ1) is 12.2. The summed E-state index contributed by atoms with van der Waals surface area (Å²) in [5.74, 6) is -2.13. The molecule has 0 saturated carbocycles. The van der Waals surface area contributed by atoms with Gasteiger partial charge in [0.1, 0.15) is 25.4 Å². The molecule has 1 rings (SSSR count). The fourth-order valence-electron chi connectivity index (χ4n) is 1.93. The lowest BCUT2D eigenvalue weighted by molar-refractivity contribution is -0.148. The normalized spacial score (nSPS) is 12.5. The van der Waals surface area contributed by atoms with Gasteiger partial charge in [0, 0.05) is 13.8 Å². The molecule has 1 aromatic rings. The number of benzene rings is 1. The Morgan fingerprint density at radius 1 is 0.731 bits per heavy atom. The van der Waals surface area contributed by atoms with E-state index in [4.69, 9.17) is 18.9 Å². The highest BCUT2D eigenvalue weighted by atomic mass is 16.6. The predicted octanol–water partition coefficient (Wildman–Crippen LogP) is 1.90. The van der Waals surface area contributed by atoms with Crippen molar-refractivity contribution in [3.8, 4) is 0 Å². The molecule has 0 saturated heterocycles. The standard InChI is InChI=1S/C18H22O8/c1-11(25-13(3)19)9-23-17(21)15-5-7-16(8-6-15)18(22)24-10-12(2)26-14(4)20/h5-8,11-12H,9-10H2,1-4H3/t11-,12?/m0/s1. The summed E-state index contributed by atoms with van der Waals surface area (Å²) in [5, 5.41) is 0. The summed E-state index contributed by atoms with van der Waals surface area (Å²) in [5.41, 5.74) is 0.481. The highest BCUT2D eigenvalue weighted by Gasteiger charge is 2.15. The van der Waals surface area contributed by atoms with Crippen LogP contribution in [0.15, 0.2) is 24.3 Å². The minimum absolute atomic E-state index is 0.0732. The fourth-order valence-corrected chi connectivity index (χ4v) is 1.93. The maximum absolute atomic E-state index is 11.9. The van der Waals surface area contributed by atoms with Gasteiger partial charge in [-0.15, -0.1) is 0 Å². The van der Waals surface area contributed by atoms with Crippen molar-refractivity contribution in [2.45, 2.75) is 39.9 Å². The number of esters is 4. The largest absolute Gasteiger partial charge is 0.459 e. The molecular weight excluding hydrogens is 344 g/mol. The molecule has 0 radical (unpaired) electrons. The van der Waals surface area contributed by atoms with Crippen molar-refractivity contribution >= 4 is 23.9 Å². The van der Waals surface area contributed by atoms with Gasteiger partial charge in [-0.3, -0.25) is 9.59 Å². The Hall–Kier alpha value is -2.90. The summed E-state index contributed by atoms with van der Waals surface area (Å²) in [7, 11) is 0. The van der Waals surface area contributed by atoms with E-state index in [0.717, 1.165) is 0 Å². The van der Waals surface area contributed by atoms with Crippen LogP contribution in [-0.2, 0) is 28.5 Å². The first-order valence-electron chi connectivity index (χ1n) is 7.97. The van der Waals surface area contributed by atoms with Gasteiger partial charge >= 0.3 is 23.9 Å². The number of ether oxygens (including phenoxy) is 4. The molecule has 0 bridgehead atoms. The molecule has 8 nitrogen and oxygen atoms in total. The van der Waals surface area contributed by atoms with Crippen LogP contribution in [0.2, 0.25) is 0 Å². The highest BCUT2D eigenvalue weighted by molar-refractivity contribution is 5.93. The molecule has 0 N–H and O–H groups in total. The van der Waals surface area contributed by atoms with Crippen LogP contribution in [0.1, 0.15) is 48.4 Å². The zero-order valence-electron chi connectivity index (χ0n) is 15.1. The zero-order chi connectivity index (χ0) is 19.7. The van der Waals surface area contributed by atoms with Crippen molar-refractivity contribution in [2.24, 2.45) is 0 Å². The number of carbonyl (C=O) groups excluding carboxylic acids is 4. The predicted molar refractivity (Wildman–Crippen MR) is 89.5 cm³/mol. The average Bonchev–Trinajstić information content (AvgIpc) is 2.56. The summed E-state index contributed by atoms with van der Waals surface area (Å²) >= 11 is 0. The van der Waals surface area contributed by atoms with E-state index in [9.17, 15) is 19.2 Å². The lowest BCUT2D eigenvalue weighted by atomic mass is 10.1. The lowest BCUT2D eigenvalue weighted by Gasteiger charge is -2.13. The maximum atomic E-state index is 11.9. The molecule has 0 spiro atoms. The van der Waals surface area contributed by atoms with Crippen molar-refractivity contribution in [3.05, 3.63) is 35.4 Å². The van der Waals surface area contributed by atoms with E-state index in [0.29, 0.717) is 0 Å². The third-order valence-corrected chi connectivity index (χ3v) is 2.99. The van der Waals surface area contributed by atoms with Crippen LogP contribution in [0.25, 0.3) is 0 Å². The molecule has 0 amide bonds. The van der Waals surface area contributed by atoms with E-state index in [1.165, 1.54) is 38.1 Å². The summed E-state index contributed by atoms with van der Waals surface area (Å²) in [6.45, 7) is 5.59. The maximum Gasteiger partial charge on any atom is 0.338 e. The van der Waals surface area contributed by atoms with Gasteiger partial charge in [0.15, 0.2) is 0 Å². The van der Waals surface area contributed by atoms with Crippen LogP contribution in [0, 0.1) is 0 Å². The van der Waals surface area contributed by atoms with Crippen LogP contribution in [0.5, 0.6) is 0 Å². The average molecular weight is 366 g/mol. The molecule has 1 aromatic carbocycles. The second-order valence-corrected chi connectivity index (χ2v) is 5.61. The zero-order valence-corrected chi connectivity index (χ0v) is 15.1. The van der Waals surface area contributed by atoms with Crippen molar-refractivity contribution in [2.75, 3.05) is 13.2 Å². The Kier molecular flexibility index (Phi) is 8.27. The van der Waals surface area contributed by atoms with Crippen LogP contribution in [-0.4, -0.2) is 49.3 Å². The van der Waals surface area contributed by atoms with Gasteiger partial charge in [-0.25, -0.2) is 9.59 Å². The van der Waals surface area contributed by atoms with Crippen LogP contribution >= 0.6 is 0 Å². The molecule has 142 valence electrons. The van der Waals surface area contributed by atoms with Crippen LogP contribution in [0.4, 0.5) is 0 Å². The molecule has 0 heterocycles. The van der Waals surface area contributed by atoms with Gasteiger partial charge in [0.25, 0.3) is 0 Å². The number of carbonyl (C=O) groups is 4. The third-order valence-electron chi connectivity index (χ3n) is 2.99. The number of hydrogen-bond acceptors (Lipinski definition) is 8. The molecule has 0 aliphatic rings. The first-order valence-corrected chi connectivity index (χ1v) is 7.97. The van der Waals surface area contributed by atoms with Crippen molar-refractivity contribution in [3.63, 3.8) is 0 Å². The van der Waals surface area contributed by atoms with E-state index in [1.807, 2.05) is 0 Å². The second-order valence-electron chi connectivity index (χ2n) is 5.61. The van der Waals surface area contributed by atoms with Crippen molar-refractivity contribution in [1.29, 1.82) is 0 Å². The number of rotatable bonds is 8. The third kappa shape index (κ3) is 7.78. The first kappa shape index (κ1) is 21.1. The van der Waals surface area contributed by atoms with Crippen molar-refractivity contribution in [1.82, 2.24) is 0 Å². The lowest BCUT2D eigenvalue weighted by Crippen LogP contribution is -2.21. The van der Waals surface area contributed by atoms with E-state index >= 15 is 0 Å². The minimum atomic E-state index is -0.604. The van der Waals surface area contributed by atoms with E-state index < -0.39 is 36.1 Å². The quantitative estimate of drug-likeness (QED) is 0.507. The molecule has 0 aliphatic heterocycles. The van der Waals surface area contributed by atoms with Gasteiger partial charge in [0.05, 0.1) is 11.1 Å². The van der Waals surface area contributed by atoms with E-state index in [2.05, 4.69) is 0 Å². The molecule has 8 heteroatoms. The fraction of sp³-hybridized carbons (Fsp3) is 0.444. The number of hydrogen-bond donors (Lipinski definition) is 0. The Morgan fingerprint density at radius 3 is 1.31 bits per heavy atom. The molecular formula is C18H22O8. The molecule has 0 aliphatic carbocycles. The molecule has 26 heavy (non-hydrogen) atoms.